The summed E-state index contributed by atoms with van der Waals surface area (Å²) < 4.78 is 0. The average molecular weight is 164 g/mol. The van der Waals surface area contributed by atoms with E-state index in [4.69, 9.17) is 0 Å². The molecular formula is C7H14ClNO. The van der Waals surface area contributed by atoms with E-state index in [1.165, 1.54) is 12.8 Å². The van der Waals surface area contributed by atoms with Gasteiger partial charge in [0.25, 0.3) is 0 Å². The molecule has 1 heterocycles. The fourth-order valence-corrected chi connectivity index (χ4v) is 1.69. The summed E-state index contributed by atoms with van der Waals surface area (Å²) >= 11 is 0. The van der Waals surface area contributed by atoms with Gasteiger partial charge in [-0.25, -0.2) is 0 Å². The third kappa shape index (κ3) is 1.44. The molecule has 2 fully saturated rings. The molecule has 0 radical (unpaired) electrons. The van der Waals surface area contributed by atoms with Crippen molar-refractivity contribution in [1.82, 2.24) is 5.32 Å². The molecule has 1 aliphatic heterocycles. The Morgan fingerprint density at radius 2 is 1.90 bits per heavy atom. The van der Waals surface area contributed by atoms with Crippen LogP contribution < -0.4 is 5.32 Å². The van der Waals surface area contributed by atoms with E-state index in [1.54, 1.807) is 0 Å². The van der Waals surface area contributed by atoms with Gasteiger partial charge in [0.05, 0.1) is 6.10 Å². The highest BCUT2D eigenvalue weighted by atomic mass is 35.5. The van der Waals surface area contributed by atoms with E-state index in [0.717, 1.165) is 19.0 Å². The molecule has 2 nitrogen and oxygen atoms in total. The van der Waals surface area contributed by atoms with Crippen molar-refractivity contribution in [3.63, 3.8) is 0 Å². The van der Waals surface area contributed by atoms with Crippen LogP contribution in [0.15, 0.2) is 0 Å². The van der Waals surface area contributed by atoms with Crippen molar-refractivity contribution < 1.29 is 5.11 Å². The summed E-state index contributed by atoms with van der Waals surface area (Å²) in [4.78, 5) is 0. The van der Waals surface area contributed by atoms with Crippen LogP contribution in [0.3, 0.4) is 0 Å². The van der Waals surface area contributed by atoms with Crippen molar-refractivity contribution in [2.45, 2.75) is 18.9 Å². The summed E-state index contributed by atoms with van der Waals surface area (Å²) in [5, 5.41) is 12.5. The van der Waals surface area contributed by atoms with Gasteiger partial charge in [0.15, 0.2) is 0 Å². The molecule has 3 heteroatoms. The van der Waals surface area contributed by atoms with Crippen molar-refractivity contribution >= 4 is 12.4 Å². The maximum atomic E-state index is 9.34. The standard InChI is InChI=1S/C7H13NO.ClH/c9-7-4-8-3-6(7)5-1-2-5;/h5-9H,1-4H2;1H/t6-,7+;/m0./s1. The molecule has 0 spiro atoms. The summed E-state index contributed by atoms with van der Waals surface area (Å²) in [7, 11) is 0. The van der Waals surface area contributed by atoms with Crippen LogP contribution in [0.1, 0.15) is 12.8 Å². The van der Waals surface area contributed by atoms with Gasteiger partial charge >= 0.3 is 0 Å². The molecule has 0 aromatic rings. The number of aliphatic hydroxyl groups excluding tert-OH is 1. The largest absolute Gasteiger partial charge is 0.391 e. The Morgan fingerprint density at radius 1 is 1.20 bits per heavy atom. The molecule has 1 saturated heterocycles. The van der Waals surface area contributed by atoms with E-state index >= 15 is 0 Å². The summed E-state index contributed by atoms with van der Waals surface area (Å²) in [6.07, 6.45) is 2.66. The second kappa shape index (κ2) is 3.07. The molecule has 2 aliphatic rings. The van der Waals surface area contributed by atoms with Crippen molar-refractivity contribution in [2.24, 2.45) is 11.8 Å². The minimum atomic E-state index is -0.0440. The lowest BCUT2D eigenvalue weighted by molar-refractivity contribution is 0.136. The van der Waals surface area contributed by atoms with Crippen molar-refractivity contribution in [3.8, 4) is 0 Å². The summed E-state index contributed by atoms with van der Waals surface area (Å²) in [6, 6.07) is 0. The first-order chi connectivity index (χ1) is 4.38. The maximum Gasteiger partial charge on any atom is 0.0707 e. The van der Waals surface area contributed by atoms with Crippen LogP contribution in [0.4, 0.5) is 0 Å². The SMILES string of the molecule is Cl.O[C@@H]1CNC[C@H]1C1CC1. The first kappa shape index (κ1) is 8.31. The Hall–Kier alpha value is 0.210. The number of hydrogen-bond acceptors (Lipinski definition) is 2. The van der Waals surface area contributed by atoms with E-state index in [-0.39, 0.29) is 18.5 Å². The molecule has 10 heavy (non-hydrogen) atoms. The molecule has 2 atom stereocenters. The van der Waals surface area contributed by atoms with E-state index in [0.29, 0.717) is 5.92 Å². The summed E-state index contributed by atoms with van der Waals surface area (Å²) in [6.45, 7) is 1.87. The maximum absolute atomic E-state index is 9.34. The molecule has 0 aromatic carbocycles. The van der Waals surface area contributed by atoms with Gasteiger partial charge in [0, 0.05) is 19.0 Å². The second-order valence-electron chi connectivity index (χ2n) is 3.23. The number of rotatable bonds is 1. The van der Waals surface area contributed by atoms with E-state index in [1.807, 2.05) is 0 Å². The smallest absolute Gasteiger partial charge is 0.0707 e. The number of aliphatic hydroxyl groups is 1. The van der Waals surface area contributed by atoms with Crippen molar-refractivity contribution in [1.29, 1.82) is 0 Å². The number of hydrogen-bond donors (Lipinski definition) is 2. The number of halogens is 1. The van der Waals surface area contributed by atoms with Gasteiger partial charge < -0.3 is 10.4 Å². The highest BCUT2D eigenvalue weighted by Gasteiger charge is 2.38. The number of β-amino-alcohol motifs (C(OH)–C–C–N with tert-alkyl or cyclic N) is 1. The fraction of sp³-hybridized carbons (Fsp3) is 1.00. The van der Waals surface area contributed by atoms with Gasteiger partial charge in [0.2, 0.25) is 0 Å². The Morgan fingerprint density at radius 3 is 2.30 bits per heavy atom. The van der Waals surface area contributed by atoms with Crippen LogP contribution in [0, 0.1) is 11.8 Å². The minimum Gasteiger partial charge on any atom is -0.391 e. The Kier molecular flexibility index (Phi) is 2.55. The fourth-order valence-electron chi connectivity index (χ4n) is 1.69. The quantitative estimate of drug-likeness (QED) is 0.587. The molecule has 1 saturated carbocycles. The molecule has 60 valence electrons. The molecule has 0 amide bonds. The lowest BCUT2D eigenvalue weighted by atomic mass is 10.0. The first-order valence-corrected chi connectivity index (χ1v) is 3.76. The summed E-state index contributed by atoms with van der Waals surface area (Å²) in [5.74, 6) is 1.44. The van der Waals surface area contributed by atoms with Crippen LogP contribution in [0.5, 0.6) is 0 Å². The topological polar surface area (TPSA) is 32.3 Å². The van der Waals surface area contributed by atoms with Crippen LogP contribution in [0.25, 0.3) is 0 Å². The van der Waals surface area contributed by atoms with E-state index in [9.17, 15) is 5.11 Å². The Balaban J connectivity index is 0.000000500. The van der Waals surface area contributed by atoms with Gasteiger partial charge in [-0.15, -0.1) is 12.4 Å². The molecule has 2 N–H and O–H groups in total. The van der Waals surface area contributed by atoms with E-state index in [2.05, 4.69) is 5.32 Å². The van der Waals surface area contributed by atoms with Gasteiger partial charge in [-0.3, -0.25) is 0 Å². The zero-order valence-electron chi connectivity index (χ0n) is 5.92. The Bertz CT molecular complexity index is 116. The molecule has 1 aliphatic carbocycles. The third-order valence-corrected chi connectivity index (χ3v) is 2.46. The summed E-state index contributed by atoms with van der Waals surface area (Å²) in [5.41, 5.74) is 0. The zero-order valence-corrected chi connectivity index (χ0v) is 6.73. The monoisotopic (exact) mass is 163 g/mol. The van der Waals surface area contributed by atoms with Crippen molar-refractivity contribution in [2.75, 3.05) is 13.1 Å². The van der Waals surface area contributed by atoms with Crippen molar-refractivity contribution in [3.05, 3.63) is 0 Å². The predicted molar refractivity (Wildman–Crippen MR) is 42.3 cm³/mol. The van der Waals surface area contributed by atoms with E-state index < -0.39 is 0 Å². The highest BCUT2D eigenvalue weighted by molar-refractivity contribution is 5.85. The van der Waals surface area contributed by atoms with Gasteiger partial charge in [-0.05, 0) is 18.8 Å². The van der Waals surface area contributed by atoms with Gasteiger partial charge in [-0.2, -0.15) is 0 Å². The van der Waals surface area contributed by atoms with Gasteiger partial charge in [-0.1, -0.05) is 0 Å². The van der Waals surface area contributed by atoms with Crippen LogP contribution in [-0.2, 0) is 0 Å². The molecule has 0 unspecified atom stereocenters. The average Bonchev–Trinajstić information content (AvgIpc) is 2.58. The number of nitrogens with one attached hydrogen (secondary N) is 1. The zero-order chi connectivity index (χ0) is 6.27. The van der Waals surface area contributed by atoms with Crippen LogP contribution >= 0.6 is 12.4 Å². The minimum absolute atomic E-state index is 0. The predicted octanol–water partition coefficient (Wildman–Crippen LogP) is 0.398. The van der Waals surface area contributed by atoms with Crippen LogP contribution in [0.2, 0.25) is 0 Å². The molecule has 0 bridgehead atoms. The Labute approximate surface area is 67.4 Å². The third-order valence-electron chi connectivity index (χ3n) is 2.46. The molecular weight excluding hydrogens is 150 g/mol. The second-order valence-corrected chi connectivity index (χ2v) is 3.23. The van der Waals surface area contributed by atoms with Gasteiger partial charge in [0.1, 0.15) is 0 Å². The molecule has 2 rings (SSSR count). The molecule has 0 aromatic heterocycles. The lowest BCUT2D eigenvalue weighted by Crippen LogP contribution is -2.19. The first-order valence-electron chi connectivity index (χ1n) is 3.76. The highest BCUT2D eigenvalue weighted by Crippen LogP contribution is 2.39. The normalized spacial score (nSPS) is 39.3. The lowest BCUT2D eigenvalue weighted by Gasteiger charge is -2.09. The van der Waals surface area contributed by atoms with Crippen LogP contribution in [-0.4, -0.2) is 24.3 Å².